The number of aromatic nitrogens is 2. The van der Waals surface area contributed by atoms with E-state index < -0.39 is 0 Å². The van der Waals surface area contributed by atoms with Crippen molar-refractivity contribution in [2.45, 2.75) is 26.8 Å². The Labute approximate surface area is 79.6 Å². The molecule has 1 unspecified atom stereocenters. The second-order valence-electron chi connectivity index (χ2n) is 3.57. The number of nitrogens with zero attached hydrogens (tertiary/aromatic N) is 2. The van der Waals surface area contributed by atoms with Crippen LogP contribution in [0.1, 0.15) is 31.1 Å². The van der Waals surface area contributed by atoms with E-state index in [-0.39, 0.29) is 0 Å². The highest BCUT2D eigenvalue weighted by Gasteiger charge is 2.15. The van der Waals surface area contributed by atoms with Gasteiger partial charge in [0, 0.05) is 23.5 Å². The maximum atomic E-state index is 4.18. The molecule has 0 saturated heterocycles. The summed E-state index contributed by atoms with van der Waals surface area (Å²) in [5.74, 6) is 0.551. The van der Waals surface area contributed by atoms with Crippen LogP contribution < -0.4 is 5.32 Å². The van der Waals surface area contributed by atoms with Crippen LogP contribution in [0.25, 0.3) is 0 Å². The second-order valence-corrected chi connectivity index (χ2v) is 3.57. The average molecular weight is 179 g/mol. The van der Waals surface area contributed by atoms with Gasteiger partial charge < -0.3 is 5.32 Å². The van der Waals surface area contributed by atoms with Crippen molar-refractivity contribution >= 4 is 0 Å². The maximum Gasteiger partial charge on any atom is 0.115 e. The molecule has 1 aromatic heterocycles. The first-order valence-corrected chi connectivity index (χ1v) is 4.60. The predicted molar refractivity (Wildman–Crippen MR) is 53.4 cm³/mol. The Morgan fingerprint density at radius 2 is 2.08 bits per heavy atom. The molecule has 3 nitrogen and oxygen atoms in total. The molecule has 1 atom stereocenters. The molecule has 0 spiro atoms. The Bertz CT molecular complexity index is 271. The van der Waals surface area contributed by atoms with Gasteiger partial charge in [0.25, 0.3) is 0 Å². The van der Waals surface area contributed by atoms with E-state index in [1.54, 1.807) is 6.33 Å². The minimum Gasteiger partial charge on any atom is -0.313 e. The fraction of sp³-hybridized carbons (Fsp3) is 0.600. The molecule has 1 rings (SSSR count). The van der Waals surface area contributed by atoms with E-state index in [1.807, 2.05) is 20.2 Å². The van der Waals surface area contributed by atoms with Gasteiger partial charge in [-0.25, -0.2) is 9.97 Å². The molecule has 0 aromatic carbocycles. The predicted octanol–water partition coefficient (Wildman–Crippen LogP) is 1.70. The lowest BCUT2D eigenvalue weighted by Crippen LogP contribution is -2.23. The number of hydrogen-bond donors (Lipinski definition) is 1. The molecule has 0 amide bonds. The monoisotopic (exact) mass is 179 g/mol. The van der Waals surface area contributed by atoms with Crippen LogP contribution in [0.4, 0.5) is 0 Å². The largest absolute Gasteiger partial charge is 0.313 e. The summed E-state index contributed by atoms with van der Waals surface area (Å²) in [6.45, 7) is 6.39. The van der Waals surface area contributed by atoms with Crippen LogP contribution in [0, 0.1) is 12.8 Å². The quantitative estimate of drug-likeness (QED) is 0.767. The van der Waals surface area contributed by atoms with Gasteiger partial charge in [-0.05, 0) is 19.9 Å². The van der Waals surface area contributed by atoms with Crippen molar-refractivity contribution in [2.24, 2.45) is 5.92 Å². The molecule has 0 aliphatic heterocycles. The van der Waals surface area contributed by atoms with Crippen LogP contribution >= 0.6 is 0 Å². The van der Waals surface area contributed by atoms with E-state index in [1.165, 1.54) is 5.56 Å². The zero-order valence-electron chi connectivity index (χ0n) is 8.70. The lowest BCUT2D eigenvalue weighted by atomic mass is 9.96. The summed E-state index contributed by atoms with van der Waals surface area (Å²) in [7, 11) is 1.97. The van der Waals surface area contributed by atoms with Gasteiger partial charge in [0.05, 0.1) is 0 Å². The molecule has 0 fully saturated rings. The van der Waals surface area contributed by atoms with Gasteiger partial charge in [0.2, 0.25) is 0 Å². The molecular formula is C10H17N3. The fourth-order valence-electron chi connectivity index (χ4n) is 1.55. The van der Waals surface area contributed by atoms with Crippen molar-refractivity contribution in [3.05, 3.63) is 23.8 Å². The van der Waals surface area contributed by atoms with Crippen molar-refractivity contribution in [3.8, 4) is 0 Å². The lowest BCUT2D eigenvalue weighted by Gasteiger charge is -2.21. The summed E-state index contributed by atoms with van der Waals surface area (Å²) < 4.78 is 0. The smallest absolute Gasteiger partial charge is 0.115 e. The van der Waals surface area contributed by atoms with Crippen LogP contribution in [0.3, 0.4) is 0 Å². The number of nitrogens with one attached hydrogen (secondary N) is 1. The molecule has 0 aliphatic carbocycles. The second kappa shape index (κ2) is 4.33. The summed E-state index contributed by atoms with van der Waals surface area (Å²) in [5, 5.41) is 3.28. The van der Waals surface area contributed by atoms with Crippen LogP contribution in [0.2, 0.25) is 0 Å². The summed E-state index contributed by atoms with van der Waals surface area (Å²) in [4.78, 5) is 8.22. The fourth-order valence-corrected chi connectivity index (χ4v) is 1.55. The van der Waals surface area contributed by atoms with E-state index in [2.05, 4.69) is 29.1 Å². The maximum absolute atomic E-state index is 4.18. The third-order valence-electron chi connectivity index (χ3n) is 2.26. The topological polar surface area (TPSA) is 37.8 Å². The van der Waals surface area contributed by atoms with Gasteiger partial charge in [-0.3, -0.25) is 0 Å². The third-order valence-corrected chi connectivity index (χ3v) is 2.26. The van der Waals surface area contributed by atoms with Gasteiger partial charge in [-0.15, -0.1) is 0 Å². The van der Waals surface area contributed by atoms with Crippen LogP contribution in [0.15, 0.2) is 12.5 Å². The zero-order valence-corrected chi connectivity index (χ0v) is 8.70. The van der Waals surface area contributed by atoms with Gasteiger partial charge in [-0.1, -0.05) is 13.8 Å². The van der Waals surface area contributed by atoms with Crippen molar-refractivity contribution in [1.29, 1.82) is 0 Å². The highest BCUT2D eigenvalue weighted by molar-refractivity contribution is 5.19. The molecule has 72 valence electrons. The van der Waals surface area contributed by atoms with Crippen molar-refractivity contribution in [2.75, 3.05) is 7.05 Å². The van der Waals surface area contributed by atoms with Crippen molar-refractivity contribution in [1.82, 2.24) is 15.3 Å². The molecular weight excluding hydrogens is 162 g/mol. The summed E-state index contributed by atoms with van der Waals surface area (Å²) in [6.07, 6.45) is 3.48. The molecule has 1 N–H and O–H groups in total. The SMILES string of the molecule is CNC(c1cncnc1C)C(C)C. The molecule has 0 bridgehead atoms. The number of hydrogen-bond acceptors (Lipinski definition) is 3. The molecule has 3 heteroatoms. The summed E-state index contributed by atoms with van der Waals surface area (Å²) in [6, 6.07) is 0.348. The minimum absolute atomic E-state index is 0.348. The van der Waals surface area contributed by atoms with Crippen LogP contribution in [0.5, 0.6) is 0 Å². The summed E-state index contributed by atoms with van der Waals surface area (Å²) in [5.41, 5.74) is 2.25. The Morgan fingerprint density at radius 1 is 1.38 bits per heavy atom. The molecule has 0 radical (unpaired) electrons. The molecule has 0 aliphatic rings. The molecule has 1 heterocycles. The Morgan fingerprint density at radius 3 is 2.54 bits per heavy atom. The van der Waals surface area contributed by atoms with Gasteiger partial charge in [-0.2, -0.15) is 0 Å². The minimum atomic E-state index is 0.348. The van der Waals surface area contributed by atoms with E-state index in [0.29, 0.717) is 12.0 Å². The molecule has 0 saturated carbocycles. The van der Waals surface area contributed by atoms with E-state index in [9.17, 15) is 0 Å². The summed E-state index contributed by atoms with van der Waals surface area (Å²) >= 11 is 0. The lowest BCUT2D eigenvalue weighted by molar-refractivity contribution is 0.438. The van der Waals surface area contributed by atoms with Crippen molar-refractivity contribution < 1.29 is 0 Å². The average Bonchev–Trinajstić information content (AvgIpc) is 2.09. The standard InChI is InChI=1S/C10H17N3/c1-7(2)10(11-4)9-5-12-6-13-8(9)3/h5-7,10-11H,1-4H3. The van der Waals surface area contributed by atoms with E-state index in [0.717, 1.165) is 5.69 Å². The number of aryl methyl sites for hydroxylation is 1. The highest BCUT2D eigenvalue weighted by Crippen LogP contribution is 2.21. The van der Waals surface area contributed by atoms with Crippen LogP contribution in [-0.2, 0) is 0 Å². The van der Waals surface area contributed by atoms with Gasteiger partial charge >= 0.3 is 0 Å². The first kappa shape index (κ1) is 10.1. The normalized spacial score (nSPS) is 13.3. The third kappa shape index (κ3) is 2.25. The van der Waals surface area contributed by atoms with Crippen LogP contribution in [-0.4, -0.2) is 17.0 Å². The zero-order chi connectivity index (χ0) is 9.84. The Balaban J connectivity index is 2.97. The first-order chi connectivity index (χ1) is 6.16. The Kier molecular flexibility index (Phi) is 3.37. The highest BCUT2D eigenvalue weighted by atomic mass is 14.9. The molecule has 13 heavy (non-hydrogen) atoms. The van der Waals surface area contributed by atoms with E-state index >= 15 is 0 Å². The number of rotatable bonds is 3. The van der Waals surface area contributed by atoms with Gasteiger partial charge in [0.1, 0.15) is 6.33 Å². The molecule has 1 aromatic rings. The van der Waals surface area contributed by atoms with Gasteiger partial charge in [0.15, 0.2) is 0 Å². The first-order valence-electron chi connectivity index (χ1n) is 4.60. The van der Waals surface area contributed by atoms with E-state index in [4.69, 9.17) is 0 Å². The Hall–Kier alpha value is -0.960. The van der Waals surface area contributed by atoms with Crippen molar-refractivity contribution in [3.63, 3.8) is 0 Å².